The molecule has 6 heteroatoms. The summed E-state index contributed by atoms with van der Waals surface area (Å²) in [6.07, 6.45) is 5.36. The molecule has 0 radical (unpaired) electrons. The highest BCUT2D eigenvalue weighted by atomic mass is 127. The Labute approximate surface area is 157 Å². The number of guanidine groups is 1. The van der Waals surface area contributed by atoms with Gasteiger partial charge in [0.1, 0.15) is 12.3 Å². The number of aromatic nitrogens is 1. The normalized spacial score (nSPS) is 21.7. The predicted octanol–water partition coefficient (Wildman–Crippen LogP) is 3.79. The second kappa shape index (κ2) is 10.2. The van der Waals surface area contributed by atoms with E-state index in [1.807, 2.05) is 13.8 Å². The highest BCUT2D eigenvalue weighted by molar-refractivity contribution is 14.0. The molecule has 0 aromatic carbocycles. The molecule has 1 aliphatic rings. The van der Waals surface area contributed by atoms with Crippen LogP contribution in [0.3, 0.4) is 0 Å². The molecule has 1 fully saturated rings. The van der Waals surface area contributed by atoms with E-state index in [0.717, 1.165) is 42.3 Å². The first-order chi connectivity index (χ1) is 10.6. The third-order valence-corrected chi connectivity index (χ3v) is 4.48. The Hall–Kier alpha value is -0.790. The van der Waals surface area contributed by atoms with E-state index in [9.17, 15) is 0 Å². The van der Waals surface area contributed by atoms with Crippen molar-refractivity contribution in [1.82, 2.24) is 15.6 Å². The molecule has 1 aliphatic carbocycles. The molecule has 2 N–H and O–H groups in total. The van der Waals surface area contributed by atoms with Gasteiger partial charge in [-0.2, -0.15) is 0 Å². The van der Waals surface area contributed by atoms with E-state index in [-0.39, 0.29) is 24.0 Å². The zero-order valence-corrected chi connectivity index (χ0v) is 17.1. The maximum Gasteiger partial charge on any atom is 0.216 e. The lowest BCUT2D eigenvalue weighted by molar-refractivity contribution is 0.289. The number of aryl methyl sites for hydroxylation is 2. The Morgan fingerprint density at radius 1 is 1.22 bits per heavy atom. The largest absolute Gasteiger partial charge is 0.444 e. The highest BCUT2D eigenvalue weighted by Gasteiger charge is 2.18. The second-order valence-corrected chi connectivity index (χ2v) is 6.45. The van der Waals surface area contributed by atoms with E-state index >= 15 is 0 Å². The molecule has 0 saturated heterocycles. The first-order valence-corrected chi connectivity index (χ1v) is 8.53. The summed E-state index contributed by atoms with van der Waals surface area (Å²) in [7, 11) is 0. The smallest absolute Gasteiger partial charge is 0.216 e. The van der Waals surface area contributed by atoms with Gasteiger partial charge in [0.25, 0.3) is 0 Å². The molecule has 5 nitrogen and oxygen atoms in total. The summed E-state index contributed by atoms with van der Waals surface area (Å²) >= 11 is 0. The third-order valence-electron chi connectivity index (χ3n) is 4.48. The minimum Gasteiger partial charge on any atom is -0.444 e. The molecule has 132 valence electrons. The molecule has 2 rings (SSSR count). The maximum absolute atomic E-state index is 5.58. The molecule has 0 atom stereocenters. The number of hydrogen-bond donors (Lipinski definition) is 2. The number of hydrogen-bond acceptors (Lipinski definition) is 3. The Morgan fingerprint density at radius 2 is 1.91 bits per heavy atom. The van der Waals surface area contributed by atoms with E-state index in [0.29, 0.717) is 12.4 Å². The molecule has 1 aromatic heterocycles. The van der Waals surface area contributed by atoms with Crippen molar-refractivity contribution in [2.24, 2.45) is 16.8 Å². The highest BCUT2D eigenvalue weighted by Crippen LogP contribution is 2.27. The number of aliphatic imine (C=N–C) groups is 1. The average molecular weight is 434 g/mol. The van der Waals surface area contributed by atoms with Crippen LogP contribution >= 0.6 is 24.0 Å². The zero-order chi connectivity index (χ0) is 15.9. The standard InChI is InChI=1S/C17H30N4O.HI/c1-5-18-17(19-10-15-8-6-12(2)7-9-15)20-11-16-21-13(3)14(4)22-16;/h12,15H,5-11H2,1-4H3,(H2,18,19,20);1H. The van der Waals surface area contributed by atoms with Crippen LogP contribution in [0.15, 0.2) is 9.41 Å². The van der Waals surface area contributed by atoms with Gasteiger partial charge in [-0.1, -0.05) is 19.8 Å². The van der Waals surface area contributed by atoms with Gasteiger partial charge in [0.15, 0.2) is 5.96 Å². The molecule has 1 heterocycles. The van der Waals surface area contributed by atoms with Gasteiger partial charge in [-0.25, -0.2) is 9.98 Å². The van der Waals surface area contributed by atoms with Crippen LogP contribution in [-0.2, 0) is 6.54 Å². The van der Waals surface area contributed by atoms with Gasteiger partial charge in [0, 0.05) is 13.1 Å². The van der Waals surface area contributed by atoms with Crippen LogP contribution < -0.4 is 10.6 Å². The first kappa shape index (κ1) is 20.3. The fraction of sp³-hybridized carbons (Fsp3) is 0.765. The van der Waals surface area contributed by atoms with Gasteiger partial charge in [-0.05, 0) is 45.4 Å². The van der Waals surface area contributed by atoms with Gasteiger partial charge in [-0.3, -0.25) is 0 Å². The molecule has 0 amide bonds. The van der Waals surface area contributed by atoms with Gasteiger partial charge in [0.2, 0.25) is 5.89 Å². The fourth-order valence-electron chi connectivity index (χ4n) is 2.87. The van der Waals surface area contributed by atoms with Crippen molar-refractivity contribution < 1.29 is 4.42 Å². The molecule has 1 aromatic rings. The van der Waals surface area contributed by atoms with E-state index < -0.39 is 0 Å². The molecule has 0 unspecified atom stereocenters. The van der Waals surface area contributed by atoms with E-state index in [2.05, 4.69) is 34.5 Å². The molecule has 0 aliphatic heterocycles. The molecule has 1 saturated carbocycles. The lowest BCUT2D eigenvalue weighted by atomic mass is 9.83. The maximum atomic E-state index is 5.58. The van der Waals surface area contributed by atoms with E-state index in [1.54, 1.807) is 0 Å². The molecule has 0 bridgehead atoms. The van der Waals surface area contributed by atoms with Crippen LogP contribution in [0.4, 0.5) is 0 Å². The Morgan fingerprint density at radius 3 is 2.48 bits per heavy atom. The number of nitrogens with zero attached hydrogens (tertiary/aromatic N) is 2. The van der Waals surface area contributed by atoms with Crippen LogP contribution in [-0.4, -0.2) is 24.0 Å². The first-order valence-electron chi connectivity index (χ1n) is 8.53. The summed E-state index contributed by atoms with van der Waals surface area (Å²) in [5.41, 5.74) is 0.944. The van der Waals surface area contributed by atoms with Crippen molar-refractivity contribution in [3.8, 4) is 0 Å². The molecule has 0 spiro atoms. The quantitative estimate of drug-likeness (QED) is 0.421. The Balaban J connectivity index is 0.00000264. The van der Waals surface area contributed by atoms with Gasteiger partial charge in [0.05, 0.1) is 5.69 Å². The molecule has 23 heavy (non-hydrogen) atoms. The van der Waals surface area contributed by atoms with Crippen LogP contribution in [0, 0.1) is 25.7 Å². The molecular formula is C17H31IN4O. The molecular weight excluding hydrogens is 403 g/mol. The lowest BCUT2D eigenvalue weighted by Crippen LogP contribution is -2.40. The van der Waals surface area contributed by atoms with Crippen molar-refractivity contribution in [3.63, 3.8) is 0 Å². The predicted molar refractivity (Wildman–Crippen MR) is 105 cm³/mol. The van der Waals surface area contributed by atoms with E-state index in [4.69, 9.17) is 4.42 Å². The zero-order valence-electron chi connectivity index (χ0n) is 14.8. The average Bonchev–Trinajstić information content (AvgIpc) is 2.82. The summed E-state index contributed by atoms with van der Waals surface area (Å²) < 4.78 is 5.58. The summed E-state index contributed by atoms with van der Waals surface area (Å²) in [5, 5.41) is 6.76. The van der Waals surface area contributed by atoms with Crippen molar-refractivity contribution >= 4 is 29.9 Å². The second-order valence-electron chi connectivity index (χ2n) is 6.45. The fourth-order valence-corrected chi connectivity index (χ4v) is 2.87. The third kappa shape index (κ3) is 6.69. The monoisotopic (exact) mass is 434 g/mol. The van der Waals surface area contributed by atoms with Crippen LogP contribution in [0.1, 0.15) is 56.9 Å². The number of rotatable bonds is 5. The Kier molecular flexibility index (Phi) is 8.94. The van der Waals surface area contributed by atoms with Crippen molar-refractivity contribution in [1.29, 1.82) is 0 Å². The summed E-state index contributed by atoms with van der Waals surface area (Å²) in [6, 6.07) is 0. The summed E-state index contributed by atoms with van der Waals surface area (Å²) in [4.78, 5) is 8.95. The topological polar surface area (TPSA) is 62.5 Å². The van der Waals surface area contributed by atoms with Crippen LogP contribution in [0.25, 0.3) is 0 Å². The van der Waals surface area contributed by atoms with Crippen LogP contribution in [0.5, 0.6) is 0 Å². The summed E-state index contributed by atoms with van der Waals surface area (Å²) in [5.74, 6) is 4.08. The SMILES string of the molecule is CCNC(=NCc1nc(C)c(C)o1)NCC1CCC(C)CC1.I. The minimum atomic E-state index is 0. The lowest BCUT2D eigenvalue weighted by Gasteiger charge is -2.26. The number of nitrogens with one attached hydrogen (secondary N) is 2. The Bertz CT molecular complexity index is 473. The van der Waals surface area contributed by atoms with Crippen LogP contribution in [0.2, 0.25) is 0 Å². The number of halogens is 1. The number of oxazole rings is 1. The van der Waals surface area contributed by atoms with Crippen molar-refractivity contribution in [2.75, 3.05) is 13.1 Å². The summed E-state index contributed by atoms with van der Waals surface area (Å²) in [6.45, 7) is 10.7. The minimum absolute atomic E-state index is 0. The van der Waals surface area contributed by atoms with Gasteiger partial charge < -0.3 is 15.1 Å². The van der Waals surface area contributed by atoms with Gasteiger partial charge >= 0.3 is 0 Å². The van der Waals surface area contributed by atoms with E-state index in [1.165, 1.54) is 25.7 Å². The van der Waals surface area contributed by atoms with Crippen molar-refractivity contribution in [2.45, 2.75) is 59.9 Å². The van der Waals surface area contributed by atoms with Gasteiger partial charge in [-0.15, -0.1) is 24.0 Å². The van der Waals surface area contributed by atoms with Crippen molar-refractivity contribution in [3.05, 3.63) is 17.3 Å².